The lowest BCUT2D eigenvalue weighted by atomic mass is 9.92. The number of halogens is 2. The van der Waals surface area contributed by atoms with Crippen molar-refractivity contribution >= 4 is 11.8 Å². The highest BCUT2D eigenvalue weighted by molar-refractivity contribution is 5.88. The molecule has 1 aromatic rings. The van der Waals surface area contributed by atoms with Gasteiger partial charge in [0.1, 0.15) is 0 Å². The second kappa shape index (κ2) is 6.76. The maximum atomic E-state index is 13.1. The first kappa shape index (κ1) is 15.6. The highest BCUT2D eigenvalue weighted by atomic mass is 19.2. The van der Waals surface area contributed by atoms with E-state index in [-0.39, 0.29) is 24.7 Å². The second-order valence-electron chi connectivity index (χ2n) is 5.31. The Labute approximate surface area is 121 Å². The van der Waals surface area contributed by atoms with Crippen LogP contribution in [0.1, 0.15) is 24.8 Å². The smallest absolute Gasteiger partial charge is 0.307 e. The lowest BCUT2D eigenvalue weighted by Gasteiger charge is -2.15. The summed E-state index contributed by atoms with van der Waals surface area (Å²) in [6.07, 6.45) is 1.52. The molecule has 1 aliphatic rings. The third-order valence-corrected chi connectivity index (χ3v) is 3.71. The molecule has 21 heavy (non-hydrogen) atoms. The van der Waals surface area contributed by atoms with Crippen molar-refractivity contribution in [1.82, 2.24) is 5.32 Å². The molecular weight excluding hydrogens is 280 g/mol. The fraction of sp³-hybridized carbons (Fsp3) is 0.467. The SMILES string of the molecule is O=C(O)C(CC(=O)[C@@H]1CCCN1)Cc1ccc(F)c(F)c1. The van der Waals surface area contributed by atoms with Gasteiger partial charge in [-0.05, 0) is 43.5 Å². The minimum absolute atomic E-state index is 0.00495. The molecule has 0 aromatic heterocycles. The van der Waals surface area contributed by atoms with Crippen LogP contribution in [0, 0.1) is 17.6 Å². The third-order valence-electron chi connectivity index (χ3n) is 3.71. The van der Waals surface area contributed by atoms with E-state index < -0.39 is 23.5 Å². The van der Waals surface area contributed by atoms with Crippen molar-refractivity contribution in [3.63, 3.8) is 0 Å². The van der Waals surface area contributed by atoms with Crippen LogP contribution in [-0.4, -0.2) is 29.4 Å². The fourth-order valence-electron chi connectivity index (χ4n) is 2.54. The number of carbonyl (C=O) groups excluding carboxylic acids is 1. The van der Waals surface area contributed by atoms with Gasteiger partial charge in [-0.2, -0.15) is 0 Å². The molecule has 6 heteroatoms. The number of hydrogen-bond acceptors (Lipinski definition) is 3. The number of Topliss-reactive ketones (excluding diaryl/α,β-unsaturated/α-hetero) is 1. The maximum Gasteiger partial charge on any atom is 0.307 e. The van der Waals surface area contributed by atoms with Gasteiger partial charge >= 0.3 is 5.97 Å². The van der Waals surface area contributed by atoms with E-state index in [0.29, 0.717) is 5.56 Å². The first-order valence-corrected chi connectivity index (χ1v) is 6.90. The standard InChI is InChI=1S/C15H17F2NO3/c16-11-4-3-9(7-12(11)17)6-10(15(20)21)8-14(19)13-2-1-5-18-13/h3-4,7,10,13,18H,1-2,5-6,8H2,(H,20,21)/t10?,13-/m0/s1. The summed E-state index contributed by atoms with van der Waals surface area (Å²) in [6.45, 7) is 0.761. The van der Waals surface area contributed by atoms with Crippen molar-refractivity contribution in [3.05, 3.63) is 35.4 Å². The third kappa shape index (κ3) is 4.07. The Hall–Kier alpha value is -1.82. The average molecular weight is 297 g/mol. The van der Waals surface area contributed by atoms with E-state index in [9.17, 15) is 23.5 Å². The number of carboxylic acids is 1. The van der Waals surface area contributed by atoms with E-state index in [1.165, 1.54) is 6.07 Å². The Kier molecular flexibility index (Phi) is 5.01. The molecule has 0 radical (unpaired) electrons. The van der Waals surface area contributed by atoms with Gasteiger partial charge in [-0.15, -0.1) is 0 Å². The van der Waals surface area contributed by atoms with Crippen LogP contribution in [0.2, 0.25) is 0 Å². The Morgan fingerprint density at radius 3 is 2.67 bits per heavy atom. The van der Waals surface area contributed by atoms with Crippen LogP contribution < -0.4 is 5.32 Å². The molecule has 114 valence electrons. The maximum absolute atomic E-state index is 13.1. The van der Waals surface area contributed by atoms with Crippen LogP contribution in [0.5, 0.6) is 0 Å². The summed E-state index contributed by atoms with van der Waals surface area (Å²) in [5, 5.41) is 12.2. The number of nitrogens with one attached hydrogen (secondary N) is 1. The summed E-state index contributed by atoms with van der Waals surface area (Å²) >= 11 is 0. The molecule has 1 aromatic carbocycles. The molecule has 1 fully saturated rings. The topological polar surface area (TPSA) is 66.4 Å². The molecule has 0 aliphatic carbocycles. The van der Waals surface area contributed by atoms with E-state index in [0.717, 1.165) is 31.5 Å². The highest BCUT2D eigenvalue weighted by Gasteiger charge is 2.28. The molecule has 1 saturated heterocycles. The van der Waals surface area contributed by atoms with E-state index in [1.54, 1.807) is 0 Å². The quantitative estimate of drug-likeness (QED) is 0.842. The summed E-state index contributed by atoms with van der Waals surface area (Å²) < 4.78 is 26.0. The van der Waals surface area contributed by atoms with Crippen molar-refractivity contribution < 1.29 is 23.5 Å². The van der Waals surface area contributed by atoms with Crippen LogP contribution in [-0.2, 0) is 16.0 Å². The van der Waals surface area contributed by atoms with E-state index in [1.807, 2.05) is 0 Å². The largest absolute Gasteiger partial charge is 0.481 e. The van der Waals surface area contributed by atoms with Crippen molar-refractivity contribution in [1.29, 1.82) is 0 Å². The Morgan fingerprint density at radius 2 is 2.10 bits per heavy atom. The van der Waals surface area contributed by atoms with Crippen LogP contribution in [0.3, 0.4) is 0 Å². The molecule has 1 aliphatic heterocycles. The predicted octanol–water partition coefficient (Wildman–Crippen LogP) is 1.92. The summed E-state index contributed by atoms with van der Waals surface area (Å²) in [5.41, 5.74) is 0.369. The van der Waals surface area contributed by atoms with E-state index in [4.69, 9.17) is 0 Å². The van der Waals surface area contributed by atoms with Crippen molar-refractivity contribution in [3.8, 4) is 0 Å². The zero-order chi connectivity index (χ0) is 15.4. The van der Waals surface area contributed by atoms with Gasteiger partial charge in [-0.25, -0.2) is 8.78 Å². The Bertz CT molecular complexity index is 542. The molecule has 1 unspecified atom stereocenters. The van der Waals surface area contributed by atoms with Gasteiger partial charge in [0.25, 0.3) is 0 Å². The van der Waals surface area contributed by atoms with Crippen LogP contribution in [0.4, 0.5) is 8.78 Å². The lowest BCUT2D eigenvalue weighted by molar-refractivity contribution is -0.143. The number of aliphatic carboxylic acids is 1. The van der Waals surface area contributed by atoms with Gasteiger partial charge in [-0.1, -0.05) is 6.07 Å². The van der Waals surface area contributed by atoms with Gasteiger partial charge in [0.2, 0.25) is 0 Å². The number of benzene rings is 1. The van der Waals surface area contributed by atoms with E-state index in [2.05, 4.69) is 5.32 Å². The van der Waals surface area contributed by atoms with Gasteiger partial charge < -0.3 is 10.4 Å². The van der Waals surface area contributed by atoms with Gasteiger partial charge in [0.15, 0.2) is 17.4 Å². The molecule has 0 bridgehead atoms. The molecule has 2 rings (SSSR count). The van der Waals surface area contributed by atoms with E-state index >= 15 is 0 Å². The Balaban J connectivity index is 2.03. The first-order chi connectivity index (χ1) is 9.97. The van der Waals surface area contributed by atoms with Crippen LogP contribution in [0.25, 0.3) is 0 Å². The molecule has 4 nitrogen and oxygen atoms in total. The monoisotopic (exact) mass is 297 g/mol. The number of rotatable bonds is 6. The van der Waals surface area contributed by atoms with Gasteiger partial charge in [0.05, 0.1) is 12.0 Å². The van der Waals surface area contributed by atoms with Gasteiger partial charge in [-0.3, -0.25) is 9.59 Å². The molecule has 2 N–H and O–H groups in total. The molecule has 0 spiro atoms. The van der Waals surface area contributed by atoms with Crippen molar-refractivity contribution in [2.24, 2.45) is 5.92 Å². The average Bonchev–Trinajstić information content (AvgIpc) is 2.96. The molecule has 2 atom stereocenters. The lowest BCUT2D eigenvalue weighted by Crippen LogP contribution is -2.33. The minimum Gasteiger partial charge on any atom is -0.481 e. The summed E-state index contributed by atoms with van der Waals surface area (Å²) in [7, 11) is 0. The number of carboxylic acid groups (broad SMARTS) is 1. The Morgan fingerprint density at radius 1 is 1.33 bits per heavy atom. The first-order valence-electron chi connectivity index (χ1n) is 6.90. The van der Waals surface area contributed by atoms with Crippen molar-refractivity contribution in [2.45, 2.75) is 31.7 Å². The fourth-order valence-corrected chi connectivity index (χ4v) is 2.54. The zero-order valence-corrected chi connectivity index (χ0v) is 11.4. The molecule has 0 amide bonds. The minimum atomic E-state index is -1.11. The highest BCUT2D eigenvalue weighted by Crippen LogP contribution is 2.18. The predicted molar refractivity (Wildman–Crippen MR) is 71.8 cm³/mol. The van der Waals surface area contributed by atoms with Crippen molar-refractivity contribution in [2.75, 3.05) is 6.54 Å². The van der Waals surface area contributed by atoms with Crippen LogP contribution in [0.15, 0.2) is 18.2 Å². The molecular formula is C15H17F2NO3. The summed E-state index contributed by atoms with van der Waals surface area (Å²) in [6, 6.07) is 3.00. The molecule has 1 heterocycles. The number of hydrogen-bond donors (Lipinski definition) is 2. The van der Waals surface area contributed by atoms with Gasteiger partial charge in [0, 0.05) is 6.42 Å². The zero-order valence-electron chi connectivity index (χ0n) is 11.4. The number of ketones is 1. The van der Waals surface area contributed by atoms with Crippen LogP contribution >= 0.6 is 0 Å². The summed E-state index contributed by atoms with van der Waals surface area (Å²) in [4.78, 5) is 23.3. The number of carbonyl (C=O) groups is 2. The second-order valence-corrected chi connectivity index (χ2v) is 5.31. The normalized spacial score (nSPS) is 19.4. The molecule has 0 saturated carbocycles. The summed E-state index contributed by atoms with van der Waals surface area (Å²) in [5.74, 6) is -4.16.